The van der Waals surface area contributed by atoms with Crippen LogP contribution in [-0.2, 0) is 0 Å². The van der Waals surface area contributed by atoms with E-state index in [4.69, 9.17) is 10.3 Å². The van der Waals surface area contributed by atoms with E-state index < -0.39 is 0 Å². The second-order valence-corrected chi connectivity index (χ2v) is 4.57. The van der Waals surface area contributed by atoms with Gasteiger partial charge in [0.2, 0.25) is 11.7 Å². The van der Waals surface area contributed by atoms with E-state index in [2.05, 4.69) is 15.1 Å². The second kappa shape index (κ2) is 4.71. The lowest BCUT2D eigenvalue weighted by Crippen LogP contribution is -2.25. The quantitative estimate of drug-likeness (QED) is 0.881. The predicted octanol–water partition coefficient (Wildman–Crippen LogP) is 2.03. The summed E-state index contributed by atoms with van der Waals surface area (Å²) in [5, 5.41) is 3.93. The summed E-state index contributed by atoms with van der Waals surface area (Å²) in [7, 11) is 0. The summed E-state index contributed by atoms with van der Waals surface area (Å²) in [6.07, 6.45) is 2.61. The first-order chi connectivity index (χ1) is 7.72. The van der Waals surface area contributed by atoms with Crippen LogP contribution in [0.2, 0.25) is 0 Å². The molecule has 2 aromatic heterocycles. The van der Waals surface area contributed by atoms with Crippen LogP contribution < -0.4 is 5.73 Å². The number of nitrogens with zero attached hydrogens (tertiary/aromatic N) is 3. The minimum atomic E-state index is 0.0507. The second-order valence-electron chi connectivity index (χ2n) is 3.68. The van der Waals surface area contributed by atoms with Gasteiger partial charge in [0.25, 0.3) is 0 Å². The first-order valence-electron chi connectivity index (χ1n) is 5.20. The van der Waals surface area contributed by atoms with E-state index in [9.17, 15) is 0 Å². The van der Waals surface area contributed by atoms with Gasteiger partial charge in [-0.2, -0.15) is 4.98 Å². The molecule has 16 heavy (non-hydrogen) atoms. The van der Waals surface area contributed by atoms with Crippen molar-refractivity contribution in [1.29, 1.82) is 0 Å². The Balaban J connectivity index is 2.20. The Morgan fingerprint density at radius 2 is 2.38 bits per heavy atom. The molecule has 86 valence electrons. The standard InChI is InChI=1S/C10H14N4OS/c1-3-7(11)6(2)10-13-9(14-15-10)8-4-12-5-16-8/h4-7H,3,11H2,1-2H3. The van der Waals surface area contributed by atoms with Gasteiger partial charge in [0.15, 0.2) is 0 Å². The van der Waals surface area contributed by atoms with Crippen LogP contribution in [0.3, 0.4) is 0 Å². The molecule has 0 bridgehead atoms. The van der Waals surface area contributed by atoms with Crippen molar-refractivity contribution in [2.24, 2.45) is 5.73 Å². The first kappa shape index (κ1) is 11.2. The molecule has 2 aromatic rings. The molecule has 0 spiro atoms. The molecule has 0 aliphatic heterocycles. The van der Waals surface area contributed by atoms with Crippen LogP contribution in [0.15, 0.2) is 16.2 Å². The number of thiazole rings is 1. The third-order valence-electron chi connectivity index (χ3n) is 2.60. The van der Waals surface area contributed by atoms with Crippen LogP contribution >= 0.6 is 11.3 Å². The number of hydrogen-bond acceptors (Lipinski definition) is 6. The minimum Gasteiger partial charge on any atom is -0.339 e. The normalized spacial score (nSPS) is 14.9. The van der Waals surface area contributed by atoms with Crippen LogP contribution in [-0.4, -0.2) is 21.2 Å². The lowest BCUT2D eigenvalue weighted by atomic mass is 10.0. The van der Waals surface area contributed by atoms with Gasteiger partial charge in [-0.05, 0) is 6.42 Å². The molecule has 2 atom stereocenters. The van der Waals surface area contributed by atoms with Crippen LogP contribution in [0.1, 0.15) is 32.1 Å². The average Bonchev–Trinajstić information content (AvgIpc) is 2.96. The molecule has 0 amide bonds. The number of hydrogen-bond donors (Lipinski definition) is 1. The fourth-order valence-corrected chi connectivity index (χ4v) is 1.93. The van der Waals surface area contributed by atoms with Crippen LogP contribution in [0, 0.1) is 0 Å². The van der Waals surface area contributed by atoms with E-state index in [0.717, 1.165) is 11.3 Å². The van der Waals surface area contributed by atoms with E-state index in [0.29, 0.717) is 11.7 Å². The van der Waals surface area contributed by atoms with E-state index in [1.54, 1.807) is 11.7 Å². The Hall–Kier alpha value is -1.27. The lowest BCUT2D eigenvalue weighted by molar-refractivity contribution is 0.340. The zero-order valence-electron chi connectivity index (χ0n) is 9.25. The van der Waals surface area contributed by atoms with Gasteiger partial charge in [-0.25, -0.2) is 0 Å². The fraction of sp³-hybridized carbons (Fsp3) is 0.500. The largest absolute Gasteiger partial charge is 0.339 e. The molecule has 0 aliphatic carbocycles. The maximum atomic E-state index is 5.94. The van der Waals surface area contributed by atoms with Gasteiger partial charge in [0.1, 0.15) is 0 Å². The summed E-state index contributed by atoms with van der Waals surface area (Å²) in [6, 6.07) is 0.0507. The highest BCUT2D eigenvalue weighted by Gasteiger charge is 2.20. The fourth-order valence-electron chi connectivity index (χ4n) is 1.38. The van der Waals surface area contributed by atoms with Crippen molar-refractivity contribution in [2.75, 3.05) is 0 Å². The third-order valence-corrected chi connectivity index (χ3v) is 3.37. The highest BCUT2D eigenvalue weighted by atomic mass is 32.1. The van der Waals surface area contributed by atoms with Crippen molar-refractivity contribution in [3.63, 3.8) is 0 Å². The van der Waals surface area contributed by atoms with Gasteiger partial charge in [0, 0.05) is 12.2 Å². The summed E-state index contributed by atoms with van der Waals surface area (Å²) in [6.45, 7) is 4.04. The molecule has 2 N–H and O–H groups in total. The molecule has 0 saturated heterocycles. The monoisotopic (exact) mass is 238 g/mol. The van der Waals surface area contributed by atoms with Crippen LogP contribution in [0.4, 0.5) is 0 Å². The van der Waals surface area contributed by atoms with Gasteiger partial charge in [-0.15, -0.1) is 11.3 Å². The Labute approximate surface area is 97.7 Å². The Morgan fingerprint density at radius 3 is 3.00 bits per heavy atom. The van der Waals surface area contributed by atoms with E-state index in [1.807, 2.05) is 13.8 Å². The topological polar surface area (TPSA) is 77.8 Å². The molecule has 2 rings (SSSR count). The third kappa shape index (κ3) is 2.12. The summed E-state index contributed by atoms with van der Waals surface area (Å²) < 4.78 is 5.21. The molecule has 6 heteroatoms. The maximum Gasteiger partial charge on any atom is 0.231 e. The van der Waals surface area contributed by atoms with E-state index in [-0.39, 0.29) is 12.0 Å². The van der Waals surface area contributed by atoms with Crippen molar-refractivity contribution in [3.05, 3.63) is 17.6 Å². The molecular weight excluding hydrogens is 224 g/mol. The molecule has 0 saturated carbocycles. The summed E-state index contributed by atoms with van der Waals surface area (Å²) in [4.78, 5) is 9.22. The minimum absolute atomic E-state index is 0.0507. The summed E-state index contributed by atoms with van der Waals surface area (Å²) in [5.41, 5.74) is 7.68. The molecule has 5 nitrogen and oxygen atoms in total. The van der Waals surface area contributed by atoms with Gasteiger partial charge in [-0.1, -0.05) is 19.0 Å². The van der Waals surface area contributed by atoms with Crippen molar-refractivity contribution in [3.8, 4) is 10.7 Å². The van der Waals surface area contributed by atoms with Gasteiger partial charge >= 0.3 is 0 Å². The summed E-state index contributed by atoms with van der Waals surface area (Å²) >= 11 is 1.49. The predicted molar refractivity (Wildman–Crippen MR) is 62.1 cm³/mol. The Morgan fingerprint density at radius 1 is 1.56 bits per heavy atom. The maximum absolute atomic E-state index is 5.94. The first-order valence-corrected chi connectivity index (χ1v) is 6.08. The summed E-state index contributed by atoms with van der Waals surface area (Å²) in [5.74, 6) is 1.27. The number of aromatic nitrogens is 3. The molecule has 0 fully saturated rings. The SMILES string of the molecule is CCC(N)C(C)c1nc(-c2cncs2)no1. The van der Waals surface area contributed by atoms with Gasteiger partial charge in [-0.3, -0.25) is 4.98 Å². The van der Waals surface area contributed by atoms with Gasteiger partial charge < -0.3 is 10.3 Å². The zero-order chi connectivity index (χ0) is 11.5. The molecule has 2 unspecified atom stereocenters. The highest BCUT2D eigenvalue weighted by Crippen LogP contribution is 2.24. The van der Waals surface area contributed by atoms with Gasteiger partial charge in [0.05, 0.1) is 16.3 Å². The van der Waals surface area contributed by atoms with E-state index in [1.165, 1.54) is 11.3 Å². The molecule has 2 heterocycles. The van der Waals surface area contributed by atoms with Crippen molar-refractivity contribution in [1.82, 2.24) is 15.1 Å². The molecule has 0 aromatic carbocycles. The number of rotatable bonds is 4. The molecule has 0 aliphatic rings. The van der Waals surface area contributed by atoms with E-state index >= 15 is 0 Å². The number of nitrogens with two attached hydrogens (primary N) is 1. The Kier molecular flexibility index (Phi) is 3.31. The Bertz CT molecular complexity index is 439. The van der Waals surface area contributed by atoms with Crippen LogP contribution in [0.5, 0.6) is 0 Å². The van der Waals surface area contributed by atoms with Crippen molar-refractivity contribution in [2.45, 2.75) is 32.2 Å². The highest BCUT2D eigenvalue weighted by molar-refractivity contribution is 7.13. The average molecular weight is 238 g/mol. The lowest BCUT2D eigenvalue weighted by Gasteiger charge is -2.13. The van der Waals surface area contributed by atoms with Crippen LogP contribution in [0.25, 0.3) is 10.7 Å². The molecular formula is C10H14N4OS. The smallest absolute Gasteiger partial charge is 0.231 e. The van der Waals surface area contributed by atoms with Crippen molar-refractivity contribution < 1.29 is 4.52 Å². The molecule has 0 radical (unpaired) electrons. The zero-order valence-corrected chi connectivity index (χ0v) is 10.1. The van der Waals surface area contributed by atoms with Crippen molar-refractivity contribution >= 4 is 11.3 Å².